The summed E-state index contributed by atoms with van der Waals surface area (Å²) in [7, 11) is 1.66. The molecule has 1 fully saturated rings. The summed E-state index contributed by atoms with van der Waals surface area (Å²) in [6.45, 7) is 4.41. The third-order valence-corrected chi connectivity index (χ3v) is 4.98. The molecule has 3 N–H and O–H groups in total. The molecule has 7 heteroatoms. The normalized spacial score (nSPS) is 17.1. The lowest BCUT2D eigenvalue weighted by molar-refractivity contribution is 0.0996. The van der Waals surface area contributed by atoms with Crippen molar-refractivity contribution in [3.05, 3.63) is 28.0 Å². The van der Waals surface area contributed by atoms with Gasteiger partial charge < -0.3 is 20.4 Å². The number of nitrogens with two attached hydrogens (primary N) is 1. The van der Waals surface area contributed by atoms with Crippen LogP contribution in [0, 0.1) is 18.8 Å². The van der Waals surface area contributed by atoms with Gasteiger partial charge in [-0.3, -0.25) is 4.79 Å². The molecule has 1 aliphatic rings. The van der Waals surface area contributed by atoms with Crippen molar-refractivity contribution >= 4 is 28.5 Å². The second-order valence-corrected chi connectivity index (χ2v) is 6.85. The first-order valence-electron chi connectivity index (χ1n) is 8.74. The van der Waals surface area contributed by atoms with Gasteiger partial charge in [0.05, 0.1) is 17.3 Å². The lowest BCUT2D eigenvalue weighted by Gasteiger charge is -2.26. The molecule has 2 aromatic rings. The fourth-order valence-electron chi connectivity index (χ4n) is 3.42. The summed E-state index contributed by atoms with van der Waals surface area (Å²) in [5, 5.41) is 4.73. The van der Waals surface area contributed by atoms with Gasteiger partial charge in [-0.05, 0) is 43.9 Å². The van der Waals surface area contributed by atoms with Crippen molar-refractivity contribution in [1.82, 2.24) is 14.9 Å². The Balaban J connectivity index is 2.22. The van der Waals surface area contributed by atoms with Gasteiger partial charge in [0.1, 0.15) is 11.3 Å². The minimum absolute atomic E-state index is 0.170. The summed E-state index contributed by atoms with van der Waals surface area (Å²) in [6.07, 6.45) is 2.74. The third kappa shape index (κ3) is 3.56. The molecule has 0 unspecified atom stereocenters. The molecule has 2 aromatic heterocycles. The van der Waals surface area contributed by atoms with Crippen LogP contribution in [0.3, 0.4) is 0 Å². The van der Waals surface area contributed by atoms with Gasteiger partial charge in [-0.2, -0.15) is 0 Å². The van der Waals surface area contributed by atoms with Crippen LogP contribution in [0.15, 0.2) is 6.07 Å². The monoisotopic (exact) mass is 374 g/mol. The molecule has 1 saturated heterocycles. The molecule has 1 atom stereocenters. The zero-order chi connectivity index (χ0) is 18.7. The average molecular weight is 375 g/mol. The maximum atomic E-state index is 11.7. The molecule has 1 amide bonds. The molecule has 0 aromatic carbocycles. The number of halogens is 1. The van der Waals surface area contributed by atoms with Crippen LogP contribution in [0.2, 0.25) is 5.02 Å². The van der Waals surface area contributed by atoms with E-state index in [0.29, 0.717) is 23.7 Å². The summed E-state index contributed by atoms with van der Waals surface area (Å²) >= 11 is 6.47. The number of methoxy groups -OCH3 is 1. The van der Waals surface area contributed by atoms with Gasteiger partial charge in [-0.15, -0.1) is 0 Å². The maximum Gasteiger partial charge on any atom is 0.267 e. The van der Waals surface area contributed by atoms with E-state index >= 15 is 0 Å². The Morgan fingerprint density at radius 1 is 1.58 bits per heavy atom. The number of ether oxygens (including phenoxy) is 1. The number of aryl methyl sites for hydroxylation is 1. The predicted molar refractivity (Wildman–Crippen MR) is 103 cm³/mol. The van der Waals surface area contributed by atoms with E-state index in [1.807, 2.05) is 6.92 Å². The lowest BCUT2D eigenvalue weighted by Crippen LogP contribution is -2.32. The van der Waals surface area contributed by atoms with Crippen molar-refractivity contribution in [2.24, 2.45) is 5.73 Å². The minimum atomic E-state index is -0.589. The number of carbonyl (C=O) groups is 1. The number of pyridine rings is 1. The average Bonchev–Trinajstić information content (AvgIpc) is 2.92. The number of amides is 1. The van der Waals surface area contributed by atoms with E-state index in [2.05, 4.69) is 26.7 Å². The number of hydrogen-bond donors (Lipinski definition) is 2. The quantitative estimate of drug-likeness (QED) is 0.636. The van der Waals surface area contributed by atoms with Crippen LogP contribution in [0.4, 0.5) is 0 Å². The van der Waals surface area contributed by atoms with Crippen LogP contribution in [0.5, 0.6) is 0 Å². The molecule has 3 heterocycles. The Morgan fingerprint density at radius 2 is 2.38 bits per heavy atom. The Hall–Kier alpha value is -2.07. The zero-order valence-electron chi connectivity index (χ0n) is 15.1. The molecular formula is C19H23ClN4O2. The Labute approximate surface area is 158 Å². The first-order valence-corrected chi connectivity index (χ1v) is 9.11. The number of fused-ring (bicyclic) bond motifs is 1. The highest BCUT2D eigenvalue weighted by Gasteiger charge is 2.25. The van der Waals surface area contributed by atoms with E-state index in [9.17, 15) is 4.79 Å². The van der Waals surface area contributed by atoms with Gasteiger partial charge in [0.15, 0.2) is 0 Å². The number of nitrogens with zero attached hydrogens (tertiary/aromatic N) is 2. The van der Waals surface area contributed by atoms with Crippen molar-refractivity contribution in [2.75, 3.05) is 26.8 Å². The van der Waals surface area contributed by atoms with Crippen LogP contribution in [-0.4, -0.2) is 42.3 Å². The van der Waals surface area contributed by atoms with Crippen molar-refractivity contribution in [3.63, 3.8) is 0 Å². The minimum Gasteiger partial charge on any atom is -0.384 e. The number of piperidine rings is 1. The number of hydrogen-bond acceptors (Lipinski definition) is 4. The van der Waals surface area contributed by atoms with Crippen LogP contribution >= 0.6 is 11.6 Å². The van der Waals surface area contributed by atoms with Gasteiger partial charge in [-0.1, -0.05) is 17.5 Å². The van der Waals surface area contributed by atoms with Crippen LogP contribution in [-0.2, 0) is 4.74 Å². The number of nitrogens with one attached hydrogen (secondary N) is 1. The SMILES string of the molecule is COCCC#Cc1c(C)c2c(Cl)cc(C(N)=O)nc2n1[C@H]1CCCNC1. The van der Waals surface area contributed by atoms with Crippen LogP contribution in [0.1, 0.15) is 47.1 Å². The topological polar surface area (TPSA) is 82.2 Å². The molecule has 0 radical (unpaired) electrons. The van der Waals surface area contributed by atoms with Gasteiger partial charge >= 0.3 is 0 Å². The fourth-order valence-corrected chi connectivity index (χ4v) is 3.75. The smallest absolute Gasteiger partial charge is 0.267 e. The van der Waals surface area contributed by atoms with E-state index in [1.165, 1.54) is 6.07 Å². The highest BCUT2D eigenvalue weighted by molar-refractivity contribution is 6.36. The summed E-state index contributed by atoms with van der Waals surface area (Å²) in [5.41, 5.74) is 8.15. The second-order valence-electron chi connectivity index (χ2n) is 6.44. The predicted octanol–water partition coefficient (Wildman–Crippen LogP) is 2.41. The molecule has 26 heavy (non-hydrogen) atoms. The third-order valence-electron chi connectivity index (χ3n) is 4.68. The van der Waals surface area contributed by atoms with Gasteiger partial charge in [0, 0.05) is 31.5 Å². The van der Waals surface area contributed by atoms with Crippen molar-refractivity contribution in [1.29, 1.82) is 0 Å². The summed E-state index contributed by atoms with van der Waals surface area (Å²) < 4.78 is 7.19. The van der Waals surface area contributed by atoms with Crippen molar-refractivity contribution < 1.29 is 9.53 Å². The number of aromatic nitrogens is 2. The molecule has 0 spiro atoms. The van der Waals surface area contributed by atoms with Gasteiger partial charge in [-0.25, -0.2) is 4.98 Å². The lowest BCUT2D eigenvalue weighted by atomic mass is 10.1. The standard InChI is InChI=1S/C19H23ClN4O2/c1-12-16(7-3-4-9-26-2)24(13-6-5-8-22-11-13)19-17(12)14(20)10-15(23-19)18(21)25/h10,13,22H,4-6,8-9,11H2,1-2H3,(H2,21,25)/t13-/m0/s1. The number of carbonyl (C=O) groups excluding carboxylic acids is 1. The van der Waals surface area contributed by atoms with Crippen LogP contribution in [0.25, 0.3) is 11.0 Å². The van der Waals surface area contributed by atoms with Gasteiger partial charge in [0.2, 0.25) is 0 Å². The van der Waals surface area contributed by atoms with E-state index < -0.39 is 5.91 Å². The van der Waals surface area contributed by atoms with Gasteiger partial charge in [0.25, 0.3) is 5.91 Å². The second kappa shape index (κ2) is 8.09. The molecule has 3 rings (SSSR count). The molecule has 1 aliphatic heterocycles. The van der Waals surface area contributed by atoms with E-state index in [-0.39, 0.29) is 11.7 Å². The van der Waals surface area contributed by atoms with E-state index in [1.54, 1.807) is 7.11 Å². The molecule has 138 valence electrons. The Morgan fingerprint density at radius 3 is 3.04 bits per heavy atom. The summed E-state index contributed by atoms with van der Waals surface area (Å²) in [4.78, 5) is 16.2. The highest BCUT2D eigenvalue weighted by Crippen LogP contribution is 2.34. The van der Waals surface area contributed by atoms with Crippen molar-refractivity contribution in [2.45, 2.75) is 32.2 Å². The molecule has 0 aliphatic carbocycles. The van der Waals surface area contributed by atoms with Crippen LogP contribution < -0.4 is 11.1 Å². The fraction of sp³-hybridized carbons (Fsp3) is 0.474. The molecular weight excluding hydrogens is 352 g/mol. The first kappa shape index (κ1) is 18.7. The Kier molecular flexibility index (Phi) is 5.82. The summed E-state index contributed by atoms with van der Waals surface area (Å²) in [6, 6.07) is 1.74. The molecule has 0 saturated carbocycles. The number of primary amides is 1. The molecule has 6 nitrogen and oxygen atoms in total. The zero-order valence-corrected chi connectivity index (χ0v) is 15.8. The Bertz CT molecular complexity index is 889. The maximum absolute atomic E-state index is 11.7. The highest BCUT2D eigenvalue weighted by atomic mass is 35.5. The first-order chi connectivity index (χ1) is 12.5. The van der Waals surface area contributed by atoms with Crippen molar-refractivity contribution in [3.8, 4) is 11.8 Å². The largest absolute Gasteiger partial charge is 0.384 e. The summed E-state index contributed by atoms with van der Waals surface area (Å²) in [5.74, 6) is 5.84. The van der Waals surface area contributed by atoms with E-state index in [0.717, 1.165) is 42.6 Å². The van der Waals surface area contributed by atoms with E-state index in [4.69, 9.17) is 22.1 Å². The molecule has 0 bridgehead atoms. The number of rotatable bonds is 4.